The Hall–Kier alpha value is -0.860. The van der Waals surface area contributed by atoms with Gasteiger partial charge in [0.05, 0.1) is 0 Å². The lowest BCUT2D eigenvalue weighted by atomic mass is 10.0. The van der Waals surface area contributed by atoms with E-state index in [1.165, 1.54) is 11.1 Å². The normalized spacial score (nSPS) is 14.6. The number of aryl methyl sites for hydroxylation is 1. The van der Waals surface area contributed by atoms with E-state index in [4.69, 9.17) is 5.11 Å². The average Bonchev–Trinajstić information content (AvgIpc) is 2.30. The van der Waals surface area contributed by atoms with Gasteiger partial charge in [-0.05, 0) is 50.3 Å². The number of aliphatic hydroxyl groups is 1. The molecule has 2 unspecified atom stereocenters. The molecular weight excluding hydrogens is 210 g/mol. The number of nitrogens with one attached hydrogen (secondary N) is 1. The number of hydrogen-bond acceptors (Lipinski definition) is 2. The van der Waals surface area contributed by atoms with Crippen molar-refractivity contribution in [3.63, 3.8) is 0 Å². The van der Waals surface area contributed by atoms with Crippen LogP contribution in [0.25, 0.3) is 0 Å². The first-order chi connectivity index (χ1) is 8.13. The van der Waals surface area contributed by atoms with Gasteiger partial charge in [-0.25, -0.2) is 0 Å². The Bertz CT molecular complexity index is 324. The van der Waals surface area contributed by atoms with Gasteiger partial charge in [-0.3, -0.25) is 0 Å². The molecule has 17 heavy (non-hydrogen) atoms. The van der Waals surface area contributed by atoms with Gasteiger partial charge in [-0.1, -0.05) is 31.2 Å². The first kappa shape index (κ1) is 14.2. The number of rotatable bonds is 7. The van der Waals surface area contributed by atoms with Crippen LogP contribution in [-0.2, 0) is 6.42 Å². The zero-order chi connectivity index (χ0) is 12.7. The molecule has 2 N–H and O–H groups in total. The molecule has 0 aliphatic carbocycles. The van der Waals surface area contributed by atoms with Gasteiger partial charge in [0, 0.05) is 12.6 Å². The third-order valence-corrected chi connectivity index (χ3v) is 3.22. The van der Waals surface area contributed by atoms with E-state index in [0.29, 0.717) is 12.0 Å². The lowest BCUT2D eigenvalue weighted by molar-refractivity contribution is 0.258. The SMILES string of the molecule is Cc1ccccc1CC(C)NCC(C)CCO. The fourth-order valence-electron chi connectivity index (χ4n) is 1.97. The molecule has 0 radical (unpaired) electrons. The summed E-state index contributed by atoms with van der Waals surface area (Å²) in [4.78, 5) is 0. The summed E-state index contributed by atoms with van der Waals surface area (Å²) in [7, 11) is 0. The van der Waals surface area contributed by atoms with E-state index >= 15 is 0 Å². The minimum absolute atomic E-state index is 0.287. The van der Waals surface area contributed by atoms with E-state index in [9.17, 15) is 0 Å². The summed E-state index contributed by atoms with van der Waals surface area (Å²) >= 11 is 0. The largest absolute Gasteiger partial charge is 0.396 e. The van der Waals surface area contributed by atoms with Crippen molar-refractivity contribution in [3.8, 4) is 0 Å². The quantitative estimate of drug-likeness (QED) is 0.761. The topological polar surface area (TPSA) is 32.3 Å². The van der Waals surface area contributed by atoms with E-state index in [2.05, 4.69) is 50.4 Å². The van der Waals surface area contributed by atoms with E-state index in [-0.39, 0.29) is 6.61 Å². The van der Waals surface area contributed by atoms with E-state index in [1.807, 2.05) is 0 Å². The Balaban J connectivity index is 2.34. The highest BCUT2D eigenvalue weighted by molar-refractivity contribution is 5.26. The maximum atomic E-state index is 8.85. The van der Waals surface area contributed by atoms with Gasteiger partial charge in [0.15, 0.2) is 0 Å². The van der Waals surface area contributed by atoms with Crippen LogP contribution in [0, 0.1) is 12.8 Å². The third kappa shape index (κ3) is 5.33. The lowest BCUT2D eigenvalue weighted by Gasteiger charge is -2.18. The third-order valence-electron chi connectivity index (χ3n) is 3.22. The second-order valence-electron chi connectivity index (χ2n) is 5.06. The van der Waals surface area contributed by atoms with Crippen molar-refractivity contribution in [3.05, 3.63) is 35.4 Å². The van der Waals surface area contributed by atoms with Crippen molar-refractivity contribution in [2.45, 2.75) is 39.7 Å². The van der Waals surface area contributed by atoms with Crippen LogP contribution in [0.2, 0.25) is 0 Å². The molecule has 1 rings (SSSR count). The predicted molar refractivity (Wildman–Crippen MR) is 73.2 cm³/mol. The van der Waals surface area contributed by atoms with Gasteiger partial charge in [-0.15, -0.1) is 0 Å². The Labute approximate surface area is 105 Å². The molecule has 0 aliphatic heterocycles. The van der Waals surface area contributed by atoms with Gasteiger partial charge in [0.2, 0.25) is 0 Å². The number of hydrogen-bond donors (Lipinski definition) is 2. The summed E-state index contributed by atoms with van der Waals surface area (Å²) in [5.41, 5.74) is 2.78. The summed E-state index contributed by atoms with van der Waals surface area (Å²) in [6.45, 7) is 7.82. The lowest BCUT2D eigenvalue weighted by Crippen LogP contribution is -2.32. The fraction of sp³-hybridized carbons (Fsp3) is 0.600. The van der Waals surface area contributed by atoms with Crippen LogP contribution in [-0.4, -0.2) is 24.3 Å². The highest BCUT2D eigenvalue weighted by Crippen LogP contribution is 2.10. The van der Waals surface area contributed by atoms with Crippen LogP contribution in [0.15, 0.2) is 24.3 Å². The van der Waals surface area contributed by atoms with Crippen molar-refractivity contribution in [2.24, 2.45) is 5.92 Å². The number of aliphatic hydroxyl groups excluding tert-OH is 1. The molecule has 2 atom stereocenters. The highest BCUT2D eigenvalue weighted by atomic mass is 16.3. The molecule has 1 aromatic carbocycles. The van der Waals surface area contributed by atoms with Gasteiger partial charge in [0.1, 0.15) is 0 Å². The van der Waals surface area contributed by atoms with E-state index in [0.717, 1.165) is 19.4 Å². The minimum atomic E-state index is 0.287. The molecule has 0 saturated heterocycles. The molecule has 2 nitrogen and oxygen atoms in total. The van der Waals surface area contributed by atoms with Crippen molar-refractivity contribution in [2.75, 3.05) is 13.2 Å². The number of benzene rings is 1. The Kier molecular flexibility index (Phi) is 6.23. The Morgan fingerprint density at radius 3 is 2.59 bits per heavy atom. The van der Waals surface area contributed by atoms with Crippen molar-refractivity contribution in [1.29, 1.82) is 0 Å². The molecule has 0 amide bonds. The Morgan fingerprint density at radius 2 is 1.94 bits per heavy atom. The molecule has 96 valence electrons. The monoisotopic (exact) mass is 235 g/mol. The van der Waals surface area contributed by atoms with Gasteiger partial charge < -0.3 is 10.4 Å². The molecule has 2 heteroatoms. The first-order valence-corrected chi connectivity index (χ1v) is 6.52. The van der Waals surface area contributed by atoms with Crippen molar-refractivity contribution in [1.82, 2.24) is 5.32 Å². The maximum absolute atomic E-state index is 8.85. The summed E-state index contributed by atoms with van der Waals surface area (Å²) in [6, 6.07) is 9.03. The summed E-state index contributed by atoms with van der Waals surface area (Å²) in [5.74, 6) is 0.541. The molecule has 0 bridgehead atoms. The van der Waals surface area contributed by atoms with Crippen LogP contribution in [0.4, 0.5) is 0 Å². The average molecular weight is 235 g/mol. The van der Waals surface area contributed by atoms with Crippen LogP contribution in [0.3, 0.4) is 0 Å². The predicted octanol–water partition coefficient (Wildman–Crippen LogP) is 2.53. The molecule has 0 aliphatic rings. The zero-order valence-electron chi connectivity index (χ0n) is 11.2. The molecule has 0 heterocycles. The van der Waals surface area contributed by atoms with Crippen LogP contribution in [0.5, 0.6) is 0 Å². The van der Waals surface area contributed by atoms with Gasteiger partial charge >= 0.3 is 0 Å². The van der Waals surface area contributed by atoms with E-state index < -0.39 is 0 Å². The van der Waals surface area contributed by atoms with Gasteiger partial charge in [0.25, 0.3) is 0 Å². The summed E-state index contributed by atoms with van der Waals surface area (Å²) in [6.07, 6.45) is 1.95. The molecule has 0 fully saturated rings. The van der Waals surface area contributed by atoms with Gasteiger partial charge in [-0.2, -0.15) is 0 Å². The Morgan fingerprint density at radius 1 is 1.24 bits per heavy atom. The zero-order valence-corrected chi connectivity index (χ0v) is 11.2. The van der Waals surface area contributed by atoms with Crippen molar-refractivity contribution < 1.29 is 5.11 Å². The first-order valence-electron chi connectivity index (χ1n) is 6.52. The molecule has 1 aromatic rings. The summed E-state index contributed by atoms with van der Waals surface area (Å²) < 4.78 is 0. The summed E-state index contributed by atoms with van der Waals surface area (Å²) in [5, 5.41) is 12.4. The minimum Gasteiger partial charge on any atom is -0.396 e. The second-order valence-corrected chi connectivity index (χ2v) is 5.06. The molecule has 0 spiro atoms. The van der Waals surface area contributed by atoms with Crippen LogP contribution >= 0.6 is 0 Å². The molecule has 0 saturated carbocycles. The maximum Gasteiger partial charge on any atom is 0.0434 e. The standard InChI is InChI=1S/C15H25NO/c1-12(8-9-17)11-16-14(3)10-15-7-5-4-6-13(15)2/h4-7,12,14,16-17H,8-11H2,1-3H3. The molecular formula is C15H25NO. The smallest absolute Gasteiger partial charge is 0.0434 e. The van der Waals surface area contributed by atoms with Crippen LogP contribution < -0.4 is 5.32 Å². The second kappa shape index (κ2) is 7.46. The molecule has 0 aromatic heterocycles. The van der Waals surface area contributed by atoms with Crippen LogP contribution in [0.1, 0.15) is 31.4 Å². The fourth-order valence-corrected chi connectivity index (χ4v) is 1.97. The van der Waals surface area contributed by atoms with E-state index in [1.54, 1.807) is 0 Å². The van der Waals surface area contributed by atoms with Crippen molar-refractivity contribution >= 4 is 0 Å². The highest BCUT2D eigenvalue weighted by Gasteiger charge is 2.07.